The zero-order valence-electron chi connectivity index (χ0n) is 51.2. The number of nitrogens with two attached hydrogens (primary N) is 10. The summed E-state index contributed by atoms with van der Waals surface area (Å²) in [7, 11) is 0. The van der Waals surface area contributed by atoms with Gasteiger partial charge in [-0.25, -0.2) is 4.98 Å². The number of amides is 10. The van der Waals surface area contributed by atoms with Gasteiger partial charge in [-0.05, 0) is 116 Å². The molecule has 1 aliphatic heterocycles. The van der Waals surface area contributed by atoms with Crippen molar-refractivity contribution in [2.24, 2.45) is 62.3 Å². The van der Waals surface area contributed by atoms with Crippen LogP contribution in [0.2, 0.25) is 0 Å². The van der Waals surface area contributed by atoms with Gasteiger partial charge in [0.25, 0.3) is 5.91 Å². The molecule has 1 saturated heterocycles. The summed E-state index contributed by atoms with van der Waals surface area (Å²) in [6.45, 7) is -0.678. The number of aromatic nitrogens is 2. The third-order valence-electron chi connectivity index (χ3n) is 14.4. The smallest absolute Gasteiger partial charge is 0.268 e. The molecule has 11 atom stereocenters. The minimum Gasteiger partial charge on any atom is -0.392 e. The van der Waals surface area contributed by atoms with Gasteiger partial charge >= 0.3 is 0 Å². The number of nitrogens with zero attached hydrogens (tertiary/aromatic N) is 3. The quantitative estimate of drug-likeness (QED) is 0.0125. The molecular formula is C54H101N23O13. The van der Waals surface area contributed by atoms with E-state index in [9.17, 15) is 63.3 Å². The van der Waals surface area contributed by atoms with Crippen LogP contribution in [0.4, 0.5) is 0 Å². The molecule has 36 heteroatoms. The van der Waals surface area contributed by atoms with Crippen molar-refractivity contribution in [3.8, 4) is 0 Å². The van der Waals surface area contributed by atoms with Crippen molar-refractivity contribution >= 4 is 65.0 Å². The number of likely N-dealkylation sites (tertiary alicyclic amines) is 1. The Kier molecular flexibility index (Phi) is 38.4. The zero-order chi connectivity index (χ0) is 67.1. The van der Waals surface area contributed by atoms with Crippen molar-refractivity contribution in [2.45, 2.75) is 169 Å². The van der Waals surface area contributed by atoms with E-state index in [1.165, 1.54) is 23.5 Å². The molecule has 1 aromatic rings. The number of nitrogens with one attached hydrogen (secondary N) is 10. The minimum atomic E-state index is -1.85. The van der Waals surface area contributed by atoms with Gasteiger partial charge in [0, 0.05) is 57.6 Å². The fourth-order valence-electron chi connectivity index (χ4n) is 9.23. The summed E-state index contributed by atoms with van der Waals surface area (Å²) in [6.07, 6.45) is 3.13. The molecule has 0 aromatic carbocycles. The topological polar surface area (TPSA) is 644 Å². The number of rotatable bonds is 46. The molecule has 2 rings (SSSR count). The number of unbranched alkanes of at least 4 members (excludes halogenated alkanes) is 3. The van der Waals surface area contributed by atoms with Gasteiger partial charge in [-0.3, -0.25) is 52.9 Å². The van der Waals surface area contributed by atoms with Gasteiger partial charge in [0.15, 0.2) is 5.96 Å². The lowest BCUT2D eigenvalue weighted by Crippen LogP contribution is -2.63. The molecule has 90 heavy (non-hydrogen) atoms. The standard InChI is InChI=1S/C54H101N23O13/c55-17-3-1-10-33(62)45(82)75-44(41(80)27-61)52(89)76-43(40(79)26-60)51(88)68-29-42(81)70-37(12-7-20-58)53(90)77-23-9-14-39(77)50(87)74-38(24-31-28-65-30-69-31)49(86)73-36(16-15-32(78)25-59)48(85)72-35(13-8-22-67-54(63)64)47(84)71-34(11-2-4-18-56)46(83)66-21-6-5-19-57/h13,28,30,32-34,36-41,43-44,78-80H,1-12,14-27,29,55-62H2,(H,65,69)(H,66,83)(H,68,88)(H,70,81)(H,71,84)(H,72,85)(H,73,86)(H,74,87)(H,75,82)(H,76,89)(H4,63,64,67). The molecule has 2 heterocycles. The zero-order valence-corrected chi connectivity index (χ0v) is 51.2. The van der Waals surface area contributed by atoms with Crippen LogP contribution in [-0.4, -0.2) is 234 Å². The number of guanidine groups is 1. The van der Waals surface area contributed by atoms with E-state index in [0.717, 1.165) is 0 Å². The van der Waals surface area contributed by atoms with Crippen molar-refractivity contribution in [1.29, 1.82) is 0 Å². The third-order valence-corrected chi connectivity index (χ3v) is 14.4. The fraction of sp³-hybridized carbons (Fsp3) is 0.704. The Morgan fingerprint density at radius 1 is 0.633 bits per heavy atom. The maximum Gasteiger partial charge on any atom is 0.268 e. The average molecular weight is 1280 g/mol. The van der Waals surface area contributed by atoms with E-state index in [-0.39, 0.29) is 102 Å². The van der Waals surface area contributed by atoms with Gasteiger partial charge in [0.1, 0.15) is 48.0 Å². The number of aromatic amines is 1. The molecule has 0 saturated carbocycles. The number of aliphatic hydroxyl groups is 3. The van der Waals surface area contributed by atoms with E-state index in [2.05, 4.69) is 62.8 Å². The van der Waals surface area contributed by atoms with E-state index in [0.29, 0.717) is 70.3 Å². The number of aliphatic hydroxyl groups excluding tert-OH is 3. The van der Waals surface area contributed by atoms with Crippen molar-refractivity contribution in [2.75, 3.05) is 72.0 Å². The Balaban J connectivity index is 2.41. The number of aliphatic imine (C=N–C) groups is 1. The molecule has 36 nitrogen and oxygen atoms in total. The lowest BCUT2D eigenvalue weighted by Gasteiger charge is -2.30. The second-order valence-electron chi connectivity index (χ2n) is 21.6. The van der Waals surface area contributed by atoms with Gasteiger partial charge in [0.05, 0.1) is 37.2 Å². The van der Waals surface area contributed by atoms with Crippen LogP contribution < -0.4 is 105 Å². The Bertz CT molecular complexity index is 2460. The van der Waals surface area contributed by atoms with Gasteiger partial charge in [-0.15, -0.1) is 0 Å². The second kappa shape index (κ2) is 44.0. The first-order chi connectivity index (χ1) is 43.0. The summed E-state index contributed by atoms with van der Waals surface area (Å²) >= 11 is 0. The summed E-state index contributed by atoms with van der Waals surface area (Å²) in [6, 6.07) is -11.3. The summed E-state index contributed by atoms with van der Waals surface area (Å²) < 4.78 is 0. The number of H-pyrrole nitrogens is 1. The van der Waals surface area contributed by atoms with E-state index >= 15 is 0 Å². The first-order valence-corrected chi connectivity index (χ1v) is 30.4. The summed E-state index contributed by atoms with van der Waals surface area (Å²) in [5.41, 5.74) is 56.6. The molecule has 33 N–H and O–H groups in total. The first-order valence-electron chi connectivity index (χ1n) is 30.4. The number of hydrogen-bond acceptors (Lipinski definition) is 23. The Labute approximate surface area is 523 Å². The van der Waals surface area contributed by atoms with E-state index in [4.69, 9.17) is 57.3 Å². The molecule has 0 radical (unpaired) electrons. The van der Waals surface area contributed by atoms with Crippen molar-refractivity contribution < 1.29 is 63.3 Å². The van der Waals surface area contributed by atoms with Crippen molar-refractivity contribution in [1.82, 2.24) is 62.7 Å². The number of hydrogen-bond donors (Lipinski definition) is 23. The molecule has 10 amide bonds. The van der Waals surface area contributed by atoms with Crippen molar-refractivity contribution in [3.05, 3.63) is 30.0 Å². The van der Waals surface area contributed by atoms with Crippen LogP contribution in [-0.2, 0) is 54.4 Å². The molecule has 510 valence electrons. The Morgan fingerprint density at radius 3 is 1.86 bits per heavy atom. The largest absolute Gasteiger partial charge is 0.392 e. The van der Waals surface area contributed by atoms with Crippen LogP contribution in [0.1, 0.15) is 102 Å². The highest BCUT2D eigenvalue weighted by Crippen LogP contribution is 2.21. The maximum atomic E-state index is 14.5. The Hall–Kier alpha value is -7.52. The lowest BCUT2D eigenvalue weighted by atomic mass is 10.0. The summed E-state index contributed by atoms with van der Waals surface area (Å²) in [5.74, 6) is -9.04. The monoisotopic (exact) mass is 1280 g/mol. The minimum absolute atomic E-state index is 0.0114. The van der Waals surface area contributed by atoms with Crippen LogP contribution in [0.15, 0.2) is 29.3 Å². The first kappa shape index (κ1) is 78.6. The van der Waals surface area contributed by atoms with E-state index in [1.54, 1.807) is 0 Å². The number of carbonyl (C=O) groups excluding carboxylic acids is 10. The second-order valence-corrected chi connectivity index (χ2v) is 21.6. The van der Waals surface area contributed by atoms with Crippen molar-refractivity contribution in [3.63, 3.8) is 0 Å². The molecule has 0 bridgehead atoms. The van der Waals surface area contributed by atoms with E-state index < -0.39 is 145 Å². The highest BCUT2D eigenvalue weighted by atomic mass is 16.3. The SMILES string of the molecule is NCCCCNC(=O)C(CCCCN)NC(=O)C(=CCCN=C(N)N)NC(=O)C(CCC(O)CN)NC(=O)C(Cc1cnc[nH]1)NC(=O)C1CCCN1C(=O)C(CCCN)NC(=O)CNC(=O)C(NC(=O)C(NC(=O)C(N)CCCCN)C(O)CN)C(O)CN. The highest BCUT2D eigenvalue weighted by Gasteiger charge is 2.40. The van der Waals surface area contributed by atoms with Gasteiger partial charge < -0.3 is 130 Å². The molecular weight excluding hydrogens is 1180 g/mol. The number of imidazole rings is 1. The van der Waals surface area contributed by atoms with Crippen LogP contribution in [0.25, 0.3) is 0 Å². The van der Waals surface area contributed by atoms with Gasteiger partial charge in [0.2, 0.25) is 53.2 Å². The molecule has 1 fully saturated rings. The predicted octanol–water partition coefficient (Wildman–Crippen LogP) is -10.4. The lowest BCUT2D eigenvalue weighted by molar-refractivity contribution is -0.142. The molecule has 0 spiro atoms. The van der Waals surface area contributed by atoms with E-state index in [1.807, 2.05) is 0 Å². The van der Waals surface area contributed by atoms with Gasteiger partial charge in [-0.1, -0.05) is 12.5 Å². The van der Waals surface area contributed by atoms with Crippen LogP contribution in [0.3, 0.4) is 0 Å². The summed E-state index contributed by atoms with van der Waals surface area (Å²) in [5, 5.41) is 54.5. The fourth-order valence-corrected chi connectivity index (χ4v) is 9.23. The third kappa shape index (κ3) is 29.0. The van der Waals surface area contributed by atoms with Crippen LogP contribution >= 0.6 is 0 Å². The molecule has 1 aromatic heterocycles. The highest BCUT2D eigenvalue weighted by molar-refractivity contribution is 6.02. The normalized spacial score (nSPS) is 16.5. The van der Waals surface area contributed by atoms with Crippen LogP contribution in [0, 0.1) is 0 Å². The van der Waals surface area contributed by atoms with Gasteiger partial charge in [-0.2, -0.15) is 0 Å². The molecule has 11 unspecified atom stereocenters. The molecule has 1 aliphatic rings. The predicted molar refractivity (Wildman–Crippen MR) is 331 cm³/mol. The van der Waals surface area contributed by atoms with Crippen LogP contribution in [0.5, 0.6) is 0 Å². The molecule has 0 aliphatic carbocycles. The number of carbonyl (C=O) groups is 10. The maximum absolute atomic E-state index is 14.5. The Morgan fingerprint density at radius 2 is 1.24 bits per heavy atom. The summed E-state index contributed by atoms with van der Waals surface area (Å²) in [4.78, 5) is 151. The average Bonchev–Trinajstić information content (AvgIpc) is 1.78.